The van der Waals surface area contributed by atoms with Gasteiger partial charge in [0.2, 0.25) is 0 Å². The number of likely N-dealkylation sites (tertiary alicyclic amines) is 1. The number of hydrogen-bond acceptors (Lipinski definition) is 4. The molecule has 0 aliphatic carbocycles. The Bertz CT molecular complexity index is 687. The predicted molar refractivity (Wildman–Crippen MR) is 90.8 cm³/mol. The number of aryl methyl sites for hydroxylation is 1. The monoisotopic (exact) mass is 334 g/mol. The molecule has 0 radical (unpaired) electrons. The number of rotatable bonds is 2. The van der Waals surface area contributed by atoms with Gasteiger partial charge in [0.1, 0.15) is 11.6 Å². The summed E-state index contributed by atoms with van der Waals surface area (Å²) in [7, 11) is 1.63. The van der Waals surface area contributed by atoms with Gasteiger partial charge in [-0.2, -0.15) is 0 Å². The smallest absolute Gasteiger partial charge is 0.329 e. The second kappa shape index (κ2) is 6.79. The highest BCUT2D eigenvalue weighted by atomic mass is 16.6. The van der Waals surface area contributed by atoms with Crippen molar-refractivity contribution in [3.8, 4) is 0 Å². The molecule has 1 saturated heterocycles. The number of aromatic nitrogens is 1. The summed E-state index contributed by atoms with van der Waals surface area (Å²) in [6.45, 7) is 7.88. The maximum atomic E-state index is 12.9. The van der Waals surface area contributed by atoms with E-state index in [0.717, 1.165) is 12.8 Å². The first-order valence-electron chi connectivity index (χ1n) is 8.30. The van der Waals surface area contributed by atoms with Crippen LogP contribution in [-0.4, -0.2) is 39.5 Å². The van der Waals surface area contributed by atoms with Gasteiger partial charge in [-0.15, -0.1) is 0 Å². The molecule has 6 nitrogen and oxygen atoms in total. The van der Waals surface area contributed by atoms with Crippen molar-refractivity contribution in [2.45, 2.75) is 52.2 Å². The van der Waals surface area contributed by atoms with Crippen LogP contribution in [0.25, 0.3) is 0 Å². The molecule has 0 spiro atoms. The number of pyridine rings is 1. The molecule has 0 unspecified atom stereocenters. The molecule has 1 amide bonds. The fourth-order valence-corrected chi connectivity index (χ4v) is 2.98. The standard InChI is InChI=1S/C18H26N2O4/c1-12-7-6-9-20(15(12)17(23)24-18(2,3)4)16(22)13-8-10-19(5)14(21)11-13/h8,10-12,15H,6-7,9H2,1-5H3/t12-,15-/m0/s1. The summed E-state index contributed by atoms with van der Waals surface area (Å²) in [6, 6.07) is 2.30. The fourth-order valence-electron chi connectivity index (χ4n) is 2.98. The Morgan fingerprint density at radius 1 is 1.29 bits per heavy atom. The van der Waals surface area contributed by atoms with Crippen LogP contribution in [0.15, 0.2) is 23.1 Å². The average Bonchev–Trinajstić information content (AvgIpc) is 2.47. The van der Waals surface area contributed by atoms with Crippen LogP contribution < -0.4 is 5.56 Å². The number of carbonyl (C=O) groups is 2. The van der Waals surface area contributed by atoms with Crippen LogP contribution in [-0.2, 0) is 16.6 Å². The lowest BCUT2D eigenvalue weighted by Crippen LogP contribution is -2.53. The van der Waals surface area contributed by atoms with Gasteiger partial charge in [0.15, 0.2) is 0 Å². The minimum absolute atomic E-state index is 0.0177. The second-order valence-corrected chi connectivity index (χ2v) is 7.46. The highest BCUT2D eigenvalue weighted by Gasteiger charge is 2.39. The highest BCUT2D eigenvalue weighted by molar-refractivity contribution is 5.97. The molecule has 1 aromatic heterocycles. The third kappa shape index (κ3) is 4.04. The van der Waals surface area contributed by atoms with Crippen LogP contribution in [0.1, 0.15) is 50.9 Å². The molecule has 6 heteroatoms. The quantitative estimate of drug-likeness (QED) is 0.776. The van der Waals surface area contributed by atoms with Gasteiger partial charge in [-0.3, -0.25) is 9.59 Å². The Kier molecular flexibility index (Phi) is 5.16. The Morgan fingerprint density at radius 3 is 2.54 bits per heavy atom. The summed E-state index contributed by atoms with van der Waals surface area (Å²) in [5, 5.41) is 0. The normalized spacial score (nSPS) is 21.5. The molecule has 0 N–H and O–H groups in total. The van der Waals surface area contributed by atoms with Crippen molar-refractivity contribution in [3.63, 3.8) is 0 Å². The summed E-state index contributed by atoms with van der Waals surface area (Å²) in [5.41, 5.74) is -0.549. The number of ether oxygens (including phenoxy) is 1. The topological polar surface area (TPSA) is 68.6 Å². The van der Waals surface area contributed by atoms with Crippen LogP contribution in [0.2, 0.25) is 0 Å². The molecule has 1 aliphatic rings. The van der Waals surface area contributed by atoms with E-state index in [1.54, 1.807) is 24.2 Å². The van der Waals surface area contributed by atoms with Crippen molar-refractivity contribution < 1.29 is 14.3 Å². The van der Waals surface area contributed by atoms with Crippen LogP contribution in [0.3, 0.4) is 0 Å². The molecule has 0 aromatic carbocycles. The van der Waals surface area contributed by atoms with E-state index >= 15 is 0 Å². The lowest BCUT2D eigenvalue weighted by atomic mass is 9.90. The zero-order chi connectivity index (χ0) is 18.1. The maximum absolute atomic E-state index is 12.9. The summed E-state index contributed by atoms with van der Waals surface area (Å²) in [5.74, 6) is -0.661. The number of carbonyl (C=O) groups excluding carboxylic acids is 2. The Morgan fingerprint density at radius 2 is 1.96 bits per heavy atom. The summed E-state index contributed by atoms with van der Waals surface area (Å²) in [4.78, 5) is 38.8. The number of nitrogens with zero attached hydrogens (tertiary/aromatic N) is 2. The number of piperidine rings is 1. The molecule has 1 aliphatic heterocycles. The summed E-state index contributed by atoms with van der Waals surface area (Å²) < 4.78 is 6.91. The largest absolute Gasteiger partial charge is 0.458 e. The maximum Gasteiger partial charge on any atom is 0.329 e. The van der Waals surface area contributed by atoms with Gasteiger partial charge in [0.05, 0.1) is 0 Å². The Hall–Kier alpha value is -2.11. The molecule has 0 saturated carbocycles. The van der Waals surface area contributed by atoms with Crippen molar-refractivity contribution in [2.24, 2.45) is 13.0 Å². The molecule has 2 rings (SSSR count). The van der Waals surface area contributed by atoms with Gasteiger partial charge in [-0.1, -0.05) is 6.92 Å². The summed E-state index contributed by atoms with van der Waals surface area (Å²) >= 11 is 0. The SMILES string of the molecule is C[C@H]1CCCN(C(=O)c2ccn(C)c(=O)c2)[C@@H]1C(=O)OC(C)(C)C. The zero-order valence-corrected chi connectivity index (χ0v) is 15.0. The fraction of sp³-hybridized carbons (Fsp3) is 0.611. The van der Waals surface area contributed by atoms with E-state index in [1.165, 1.54) is 10.6 Å². The molecule has 2 atom stereocenters. The van der Waals surface area contributed by atoms with Crippen molar-refractivity contribution in [1.82, 2.24) is 9.47 Å². The Labute approximate surface area is 142 Å². The number of esters is 1. The molecule has 1 fully saturated rings. The van der Waals surface area contributed by atoms with Crippen molar-refractivity contribution in [1.29, 1.82) is 0 Å². The van der Waals surface area contributed by atoms with Crippen molar-refractivity contribution in [3.05, 3.63) is 34.2 Å². The number of amides is 1. The van der Waals surface area contributed by atoms with Crippen LogP contribution in [0.4, 0.5) is 0 Å². The summed E-state index contributed by atoms with van der Waals surface area (Å²) in [6.07, 6.45) is 3.26. The minimum atomic E-state index is -0.616. The van der Waals surface area contributed by atoms with Gasteiger partial charge in [0.25, 0.3) is 11.5 Å². The van der Waals surface area contributed by atoms with E-state index in [-0.39, 0.29) is 23.4 Å². The molecule has 1 aromatic rings. The third-order valence-electron chi connectivity index (χ3n) is 4.19. The van der Waals surface area contributed by atoms with E-state index in [4.69, 9.17) is 4.74 Å². The van der Waals surface area contributed by atoms with Crippen molar-refractivity contribution in [2.75, 3.05) is 6.54 Å². The first kappa shape index (κ1) is 18.2. The van der Waals surface area contributed by atoms with E-state index in [9.17, 15) is 14.4 Å². The van der Waals surface area contributed by atoms with E-state index in [0.29, 0.717) is 12.1 Å². The van der Waals surface area contributed by atoms with Gasteiger partial charge in [-0.25, -0.2) is 4.79 Å². The minimum Gasteiger partial charge on any atom is -0.458 e. The molecule has 0 bridgehead atoms. The highest BCUT2D eigenvalue weighted by Crippen LogP contribution is 2.27. The van der Waals surface area contributed by atoms with Crippen LogP contribution in [0, 0.1) is 5.92 Å². The van der Waals surface area contributed by atoms with Gasteiger partial charge in [0, 0.05) is 31.4 Å². The first-order chi connectivity index (χ1) is 11.1. The van der Waals surface area contributed by atoms with E-state index in [2.05, 4.69) is 0 Å². The molecular weight excluding hydrogens is 308 g/mol. The molecule has 132 valence electrons. The van der Waals surface area contributed by atoms with Crippen LogP contribution >= 0.6 is 0 Å². The average molecular weight is 334 g/mol. The zero-order valence-electron chi connectivity index (χ0n) is 15.0. The first-order valence-corrected chi connectivity index (χ1v) is 8.30. The van der Waals surface area contributed by atoms with E-state index in [1.807, 2.05) is 27.7 Å². The molecule has 2 heterocycles. The molecule has 24 heavy (non-hydrogen) atoms. The lowest BCUT2D eigenvalue weighted by molar-refractivity contribution is -0.163. The van der Waals surface area contributed by atoms with Crippen molar-refractivity contribution >= 4 is 11.9 Å². The predicted octanol–water partition coefficient (Wildman–Crippen LogP) is 1.97. The van der Waals surface area contributed by atoms with Gasteiger partial charge >= 0.3 is 5.97 Å². The third-order valence-corrected chi connectivity index (χ3v) is 4.19. The van der Waals surface area contributed by atoms with Gasteiger partial charge < -0.3 is 14.2 Å². The van der Waals surface area contributed by atoms with E-state index < -0.39 is 11.6 Å². The number of hydrogen-bond donors (Lipinski definition) is 0. The lowest BCUT2D eigenvalue weighted by Gasteiger charge is -2.39. The second-order valence-electron chi connectivity index (χ2n) is 7.46. The molecular formula is C18H26N2O4. The Balaban J connectivity index is 2.30. The van der Waals surface area contributed by atoms with Crippen LogP contribution in [0.5, 0.6) is 0 Å². The van der Waals surface area contributed by atoms with Gasteiger partial charge in [-0.05, 0) is 45.6 Å².